The molecule has 2 aromatic rings. The highest BCUT2D eigenvalue weighted by Crippen LogP contribution is 2.20. The quantitative estimate of drug-likeness (QED) is 0.840. The maximum atomic E-state index is 11.9. The number of aryl methyl sites for hydroxylation is 1. The van der Waals surface area contributed by atoms with Crippen molar-refractivity contribution in [2.45, 2.75) is 26.7 Å². The number of halogens is 1. The van der Waals surface area contributed by atoms with E-state index in [1.165, 1.54) is 5.56 Å². The molecule has 0 bridgehead atoms. The van der Waals surface area contributed by atoms with Gasteiger partial charge in [0.15, 0.2) is 0 Å². The van der Waals surface area contributed by atoms with E-state index >= 15 is 0 Å². The number of rotatable bonds is 2. The van der Waals surface area contributed by atoms with Crippen molar-refractivity contribution in [3.8, 4) is 11.4 Å². The van der Waals surface area contributed by atoms with Gasteiger partial charge >= 0.3 is 0 Å². The maximum Gasteiger partial charge on any atom is 0.264 e. The number of benzene rings is 1. The minimum atomic E-state index is -0.0649. The van der Waals surface area contributed by atoms with Crippen molar-refractivity contribution < 1.29 is 0 Å². The Morgan fingerprint density at radius 1 is 1.22 bits per heavy atom. The summed E-state index contributed by atoms with van der Waals surface area (Å²) in [6.07, 6.45) is 0. The molecule has 0 atom stereocenters. The van der Waals surface area contributed by atoms with E-state index < -0.39 is 0 Å². The van der Waals surface area contributed by atoms with E-state index in [0.29, 0.717) is 9.39 Å². The van der Waals surface area contributed by atoms with Crippen LogP contribution in [0.15, 0.2) is 29.1 Å². The van der Waals surface area contributed by atoms with Gasteiger partial charge in [0.1, 0.15) is 5.82 Å². The van der Waals surface area contributed by atoms with Crippen LogP contribution in [0.1, 0.15) is 31.0 Å². The van der Waals surface area contributed by atoms with Crippen LogP contribution in [0.5, 0.6) is 0 Å². The fraction of sp³-hybridized carbons (Fsp3) is 0.286. The molecule has 1 N–H and O–H groups in total. The Labute approximate surface area is 120 Å². The SMILES string of the molecule is Cc1ccc(-c2nc(C(C)C)c(I)c(=O)[nH]2)cc1. The van der Waals surface area contributed by atoms with Crippen LogP contribution in [-0.4, -0.2) is 9.97 Å². The first-order chi connectivity index (χ1) is 8.49. The van der Waals surface area contributed by atoms with E-state index in [0.717, 1.165) is 11.3 Å². The maximum absolute atomic E-state index is 11.9. The van der Waals surface area contributed by atoms with Gasteiger partial charge in [-0.05, 0) is 35.4 Å². The molecular formula is C14H15IN2O. The summed E-state index contributed by atoms with van der Waals surface area (Å²) in [5.74, 6) is 0.882. The average Bonchev–Trinajstić information content (AvgIpc) is 2.33. The van der Waals surface area contributed by atoms with Crippen molar-refractivity contribution in [1.82, 2.24) is 9.97 Å². The highest BCUT2D eigenvalue weighted by molar-refractivity contribution is 14.1. The van der Waals surface area contributed by atoms with Crippen molar-refractivity contribution in [3.63, 3.8) is 0 Å². The summed E-state index contributed by atoms with van der Waals surface area (Å²) in [5.41, 5.74) is 2.92. The third-order valence-electron chi connectivity index (χ3n) is 2.76. The number of hydrogen-bond acceptors (Lipinski definition) is 2. The van der Waals surface area contributed by atoms with Crippen molar-refractivity contribution in [2.75, 3.05) is 0 Å². The zero-order valence-corrected chi connectivity index (χ0v) is 12.8. The largest absolute Gasteiger partial charge is 0.306 e. The molecular weight excluding hydrogens is 339 g/mol. The lowest BCUT2D eigenvalue weighted by Gasteiger charge is -2.09. The number of nitrogens with one attached hydrogen (secondary N) is 1. The molecule has 18 heavy (non-hydrogen) atoms. The Morgan fingerprint density at radius 2 is 1.83 bits per heavy atom. The first kappa shape index (κ1) is 13.3. The number of H-pyrrole nitrogens is 1. The van der Waals surface area contributed by atoms with Gasteiger partial charge in [-0.2, -0.15) is 0 Å². The lowest BCUT2D eigenvalue weighted by atomic mass is 10.1. The van der Waals surface area contributed by atoms with E-state index in [1.807, 2.05) is 45.0 Å². The highest BCUT2D eigenvalue weighted by Gasteiger charge is 2.12. The summed E-state index contributed by atoms with van der Waals surface area (Å²) in [7, 11) is 0. The molecule has 0 spiro atoms. The molecule has 0 aliphatic carbocycles. The Hall–Kier alpha value is -1.17. The van der Waals surface area contributed by atoms with Gasteiger partial charge in [0.05, 0.1) is 9.26 Å². The average molecular weight is 354 g/mol. The summed E-state index contributed by atoms with van der Waals surface area (Å²) in [6, 6.07) is 7.99. The van der Waals surface area contributed by atoms with Crippen LogP contribution in [0.2, 0.25) is 0 Å². The molecule has 0 radical (unpaired) electrons. The first-order valence-electron chi connectivity index (χ1n) is 5.86. The molecule has 0 saturated heterocycles. The van der Waals surface area contributed by atoms with Crippen LogP contribution in [-0.2, 0) is 0 Å². The summed E-state index contributed by atoms with van der Waals surface area (Å²) in [4.78, 5) is 19.3. The molecule has 0 fully saturated rings. The topological polar surface area (TPSA) is 45.8 Å². The molecule has 0 saturated carbocycles. The molecule has 0 aliphatic rings. The highest BCUT2D eigenvalue weighted by atomic mass is 127. The Kier molecular flexibility index (Phi) is 3.85. The van der Waals surface area contributed by atoms with Crippen LogP contribution in [0.3, 0.4) is 0 Å². The monoisotopic (exact) mass is 354 g/mol. The number of nitrogens with zero attached hydrogens (tertiary/aromatic N) is 1. The molecule has 4 heteroatoms. The molecule has 0 unspecified atom stereocenters. The zero-order valence-electron chi connectivity index (χ0n) is 10.6. The second-order valence-corrected chi connectivity index (χ2v) is 5.71. The lowest BCUT2D eigenvalue weighted by molar-refractivity contribution is 0.802. The zero-order chi connectivity index (χ0) is 13.3. The second kappa shape index (κ2) is 5.22. The fourth-order valence-corrected chi connectivity index (χ4v) is 2.59. The standard InChI is InChI=1S/C14H15IN2O/c1-8(2)12-11(15)14(18)17-13(16-12)10-6-4-9(3)5-7-10/h4-8H,1-3H3,(H,16,17,18). The van der Waals surface area contributed by atoms with Gasteiger partial charge in [0.25, 0.3) is 5.56 Å². The van der Waals surface area contributed by atoms with E-state index in [4.69, 9.17) is 0 Å². The van der Waals surface area contributed by atoms with Crippen molar-refractivity contribution in [1.29, 1.82) is 0 Å². The van der Waals surface area contributed by atoms with Gasteiger partial charge in [0, 0.05) is 5.56 Å². The van der Waals surface area contributed by atoms with Gasteiger partial charge < -0.3 is 4.98 Å². The van der Waals surface area contributed by atoms with Gasteiger partial charge in [-0.1, -0.05) is 43.7 Å². The Morgan fingerprint density at radius 3 is 2.39 bits per heavy atom. The van der Waals surface area contributed by atoms with E-state index in [-0.39, 0.29) is 11.5 Å². The van der Waals surface area contributed by atoms with Crippen molar-refractivity contribution in [2.24, 2.45) is 0 Å². The number of aromatic amines is 1. The van der Waals surface area contributed by atoms with Gasteiger partial charge in [-0.3, -0.25) is 4.79 Å². The predicted molar refractivity (Wildman–Crippen MR) is 81.8 cm³/mol. The summed E-state index contributed by atoms with van der Waals surface area (Å²) >= 11 is 2.06. The normalized spacial score (nSPS) is 10.9. The van der Waals surface area contributed by atoms with Crippen LogP contribution in [0.25, 0.3) is 11.4 Å². The number of aromatic nitrogens is 2. The molecule has 0 amide bonds. The van der Waals surface area contributed by atoms with Crippen LogP contribution in [0.4, 0.5) is 0 Å². The minimum absolute atomic E-state index is 0.0649. The fourth-order valence-electron chi connectivity index (χ4n) is 1.71. The minimum Gasteiger partial charge on any atom is -0.306 e. The first-order valence-corrected chi connectivity index (χ1v) is 6.93. The third kappa shape index (κ3) is 2.63. The van der Waals surface area contributed by atoms with Crippen molar-refractivity contribution in [3.05, 3.63) is 49.4 Å². The van der Waals surface area contributed by atoms with E-state index in [2.05, 4.69) is 32.6 Å². The molecule has 3 nitrogen and oxygen atoms in total. The van der Waals surface area contributed by atoms with Crippen LogP contribution in [0, 0.1) is 10.5 Å². The van der Waals surface area contributed by atoms with Crippen LogP contribution < -0.4 is 5.56 Å². The van der Waals surface area contributed by atoms with Crippen LogP contribution >= 0.6 is 22.6 Å². The summed E-state index contributed by atoms with van der Waals surface area (Å²) in [5, 5.41) is 0. The van der Waals surface area contributed by atoms with Gasteiger partial charge in [0.2, 0.25) is 0 Å². The second-order valence-electron chi connectivity index (χ2n) is 4.63. The summed E-state index contributed by atoms with van der Waals surface area (Å²) in [6.45, 7) is 6.12. The third-order valence-corrected chi connectivity index (χ3v) is 3.80. The summed E-state index contributed by atoms with van der Waals surface area (Å²) < 4.78 is 0.679. The smallest absolute Gasteiger partial charge is 0.264 e. The molecule has 1 aromatic carbocycles. The number of hydrogen-bond donors (Lipinski definition) is 1. The van der Waals surface area contributed by atoms with E-state index in [1.54, 1.807) is 0 Å². The molecule has 0 aliphatic heterocycles. The Balaban J connectivity index is 2.59. The molecule has 2 rings (SSSR count). The molecule has 1 aromatic heterocycles. The molecule has 94 valence electrons. The lowest BCUT2D eigenvalue weighted by Crippen LogP contribution is -2.17. The van der Waals surface area contributed by atoms with Gasteiger partial charge in [-0.15, -0.1) is 0 Å². The van der Waals surface area contributed by atoms with Gasteiger partial charge in [-0.25, -0.2) is 4.98 Å². The van der Waals surface area contributed by atoms with E-state index in [9.17, 15) is 4.79 Å². The van der Waals surface area contributed by atoms with Crippen molar-refractivity contribution >= 4 is 22.6 Å². The predicted octanol–water partition coefficient (Wildman–Crippen LogP) is 3.47. The molecule has 1 heterocycles. The Bertz CT molecular complexity index is 615.